The van der Waals surface area contributed by atoms with Crippen molar-refractivity contribution >= 4 is 17.6 Å². The van der Waals surface area contributed by atoms with Crippen molar-refractivity contribution in [2.75, 3.05) is 7.11 Å². The fourth-order valence-corrected chi connectivity index (χ4v) is 2.38. The summed E-state index contributed by atoms with van der Waals surface area (Å²) < 4.78 is 4.90. The number of halogens is 1. The van der Waals surface area contributed by atoms with E-state index in [-0.39, 0.29) is 12.0 Å². The van der Waals surface area contributed by atoms with Gasteiger partial charge >= 0.3 is 5.97 Å². The van der Waals surface area contributed by atoms with Crippen molar-refractivity contribution in [3.63, 3.8) is 0 Å². The quantitative estimate of drug-likeness (QED) is 0.851. The number of hydrogen-bond acceptors (Lipinski definition) is 3. The molecule has 0 saturated carbocycles. The monoisotopic (exact) mass is 303 g/mol. The van der Waals surface area contributed by atoms with E-state index in [0.717, 1.165) is 11.1 Å². The van der Waals surface area contributed by atoms with Gasteiger partial charge in [-0.1, -0.05) is 54.1 Å². The second kappa shape index (κ2) is 7.25. The molecular formula is C17H18ClNO2. The third-order valence-corrected chi connectivity index (χ3v) is 3.57. The Bertz CT molecular complexity index is 601. The van der Waals surface area contributed by atoms with Crippen LogP contribution in [0, 0.1) is 0 Å². The first-order valence-corrected chi connectivity index (χ1v) is 7.14. The predicted octanol–water partition coefficient (Wildman–Crippen LogP) is 3.90. The van der Waals surface area contributed by atoms with Crippen LogP contribution in [-0.2, 0) is 9.53 Å². The van der Waals surface area contributed by atoms with Crippen molar-refractivity contribution in [2.45, 2.75) is 19.0 Å². The molecule has 0 amide bonds. The van der Waals surface area contributed by atoms with Crippen LogP contribution in [0.3, 0.4) is 0 Å². The molecule has 0 aliphatic carbocycles. The molecule has 4 heteroatoms. The van der Waals surface area contributed by atoms with E-state index in [1.165, 1.54) is 7.11 Å². The molecule has 0 aromatic heterocycles. The van der Waals surface area contributed by atoms with Crippen molar-refractivity contribution < 1.29 is 9.53 Å². The lowest BCUT2D eigenvalue weighted by Crippen LogP contribution is -2.31. The maximum absolute atomic E-state index is 12.0. The molecule has 2 atom stereocenters. The lowest BCUT2D eigenvalue weighted by Gasteiger charge is -2.22. The Balaban J connectivity index is 2.21. The van der Waals surface area contributed by atoms with Crippen molar-refractivity contribution in [1.29, 1.82) is 0 Å². The Hall–Kier alpha value is -1.84. The first kappa shape index (κ1) is 15.5. The minimum atomic E-state index is -0.509. The third-order valence-electron chi connectivity index (χ3n) is 3.34. The number of hydrogen-bond donors (Lipinski definition) is 1. The van der Waals surface area contributed by atoms with Gasteiger partial charge in [0.2, 0.25) is 0 Å². The van der Waals surface area contributed by atoms with Gasteiger partial charge in [-0.15, -0.1) is 0 Å². The summed E-state index contributed by atoms with van der Waals surface area (Å²) >= 11 is 6.01. The van der Waals surface area contributed by atoms with Crippen LogP contribution in [0.5, 0.6) is 0 Å². The molecule has 0 saturated heterocycles. The Morgan fingerprint density at radius 3 is 2.38 bits per heavy atom. The summed E-state index contributed by atoms with van der Waals surface area (Å²) in [6, 6.07) is 16.6. The summed E-state index contributed by atoms with van der Waals surface area (Å²) in [5.74, 6) is -0.310. The highest BCUT2D eigenvalue weighted by Crippen LogP contribution is 2.22. The zero-order valence-corrected chi connectivity index (χ0v) is 12.8. The normalized spacial score (nSPS) is 13.5. The van der Waals surface area contributed by atoms with Crippen molar-refractivity contribution in [1.82, 2.24) is 5.32 Å². The maximum Gasteiger partial charge on any atom is 0.327 e. The van der Waals surface area contributed by atoms with Crippen molar-refractivity contribution in [3.05, 3.63) is 70.7 Å². The second-order valence-corrected chi connectivity index (χ2v) is 5.25. The third kappa shape index (κ3) is 4.06. The van der Waals surface area contributed by atoms with Crippen LogP contribution in [0.25, 0.3) is 0 Å². The smallest absolute Gasteiger partial charge is 0.327 e. The van der Waals surface area contributed by atoms with Crippen LogP contribution < -0.4 is 5.32 Å². The molecule has 0 fully saturated rings. The maximum atomic E-state index is 12.0. The van der Waals surface area contributed by atoms with Gasteiger partial charge in [0.05, 0.1) is 7.11 Å². The Kier molecular flexibility index (Phi) is 5.37. The number of carbonyl (C=O) groups excluding carboxylic acids is 1. The zero-order valence-electron chi connectivity index (χ0n) is 12.0. The zero-order chi connectivity index (χ0) is 15.2. The highest BCUT2D eigenvalue weighted by molar-refractivity contribution is 6.30. The van der Waals surface area contributed by atoms with E-state index < -0.39 is 6.04 Å². The molecular weight excluding hydrogens is 286 g/mol. The topological polar surface area (TPSA) is 38.3 Å². The summed E-state index contributed by atoms with van der Waals surface area (Å²) in [5, 5.41) is 3.97. The van der Waals surface area contributed by atoms with E-state index in [1.54, 1.807) is 0 Å². The molecule has 3 nitrogen and oxygen atoms in total. The largest absolute Gasteiger partial charge is 0.468 e. The number of nitrogens with one attached hydrogen (secondary N) is 1. The molecule has 0 bridgehead atoms. The van der Waals surface area contributed by atoms with Gasteiger partial charge in [0.15, 0.2) is 0 Å². The van der Waals surface area contributed by atoms with Crippen LogP contribution in [-0.4, -0.2) is 13.1 Å². The summed E-state index contributed by atoms with van der Waals surface area (Å²) in [4.78, 5) is 12.0. The summed E-state index contributed by atoms with van der Waals surface area (Å²) in [5.41, 5.74) is 1.89. The first-order chi connectivity index (χ1) is 10.1. The molecule has 2 rings (SSSR count). The second-order valence-electron chi connectivity index (χ2n) is 4.81. The average Bonchev–Trinajstić information content (AvgIpc) is 2.52. The molecule has 0 radical (unpaired) electrons. The predicted molar refractivity (Wildman–Crippen MR) is 84.2 cm³/mol. The highest BCUT2D eigenvalue weighted by Gasteiger charge is 2.23. The standard InChI is InChI=1S/C17H18ClNO2/c1-12(14-9-6-10-15(18)11-14)19-16(17(20)21-2)13-7-4-3-5-8-13/h3-12,16,19H,1-2H3. The van der Waals surface area contributed by atoms with Gasteiger partial charge in [-0.25, -0.2) is 4.79 Å². The molecule has 2 unspecified atom stereocenters. The molecule has 0 spiro atoms. The molecule has 2 aromatic rings. The Morgan fingerprint density at radius 2 is 1.76 bits per heavy atom. The number of ether oxygens (including phenoxy) is 1. The van der Waals surface area contributed by atoms with E-state index in [2.05, 4.69) is 5.32 Å². The van der Waals surface area contributed by atoms with Crippen LogP contribution in [0.15, 0.2) is 54.6 Å². The van der Waals surface area contributed by atoms with E-state index >= 15 is 0 Å². The minimum absolute atomic E-state index is 0.0343. The Labute approximate surface area is 129 Å². The Morgan fingerprint density at radius 1 is 1.10 bits per heavy atom. The number of benzene rings is 2. The minimum Gasteiger partial charge on any atom is -0.468 e. The lowest BCUT2D eigenvalue weighted by molar-refractivity contribution is -0.143. The molecule has 21 heavy (non-hydrogen) atoms. The highest BCUT2D eigenvalue weighted by atomic mass is 35.5. The van der Waals surface area contributed by atoms with Gasteiger partial charge in [-0.3, -0.25) is 5.32 Å². The fourth-order valence-electron chi connectivity index (χ4n) is 2.19. The van der Waals surface area contributed by atoms with Crippen LogP contribution in [0.2, 0.25) is 5.02 Å². The number of methoxy groups -OCH3 is 1. The molecule has 110 valence electrons. The van der Waals surface area contributed by atoms with Gasteiger partial charge in [-0.05, 0) is 30.2 Å². The molecule has 1 N–H and O–H groups in total. The van der Waals surface area contributed by atoms with E-state index in [9.17, 15) is 4.79 Å². The van der Waals surface area contributed by atoms with Gasteiger partial charge in [0.1, 0.15) is 6.04 Å². The summed E-state index contributed by atoms with van der Waals surface area (Å²) in [6.45, 7) is 1.99. The summed E-state index contributed by atoms with van der Waals surface area (Å²) in [7, 11) is 1.39. The summed E-state index contributed by atoms with van der Waals surface area (Å²) in [6.07, 6.45) is 0. The molecule has 0 heterocycles. The number of rotatable bonds is 5. The van der Waals surface area contributed by atoms with Crippen LogP contribution in [0.1, 0.15) is 30.1 Å². The van der Waals surface area contributed by atoms with E-state index in [0.29, 0.717) is 5.02 Å². The number of esters is 1. The van der Waals surface area contributed by atoms with Gasteiger partial charge in [0.25, 0.3) is 0 Å². The van der Waals surface area contributed by atoms with E-state index in [4.69, 9.17) is 16.3 Å². The average molecular weight is 304 g/mol. The van der Waals surface area contributed by atoms with Crippen molar-refractivity contribution in [2.24, 2.45) is 0 Å². The number of carbonyl (C=O) groups is 1. The van der Waals surface area contributed by atoms with Crippen LogP contribution in [0.4, 0.5) is 0 Å². The molecule has 2 aromatic carbocycles. The first-order valence-electron chi connectivity index (χ1n) is 6.76. The van der Waals surface area contributed by atoms with Gasteiger partial charge < -0.3 is 4.74 Å². The van der Waals surface area contributed by atoms with Gasteiger partial charge in [-0.2, -0.15) is 0 Å². The van der Waals surface area contributed by atoms with Gasteiger partial charge in [0, 0.05) is 11.1 Å². The van der Waals surface area contributed by atoms with E-state index in [1.807, 2.05) is 61.5 Å². The lowest BCUT2D eigenvalue weighted by atomic mass is 10.0. The fraction of sp³-hybridized carbons (Fsp3) is 0.235. The molecule has 0 aliphatic rings. The van der Waals surface area contributed by atoms with Crippen LogP contribution >= 0.6 is 11.6 Å². The molecule has 0 aliphatic heterocycles. The SMILES string of the molecule is COC(=O)C(NC(C)c1cccc(Cl)c1)c1ccccc1. The van der Waals surface area contributed by atoms with Crippen molar-refractivity contribution in [3.8, 4) is 0 Å².